The van der Waals surface area contributed by atoms with Crippen molar-refractivity contribution in [1.82, 2.24) is 0 Å². The summed E-state index contributed by atoms with van der Waals surface area (Å²) in [7, 11) is 0. The Balaban J connectivity index is 3.03. The van der Waals surface area contributed by atoms with E-state index in [2.05, 4.69) is 11.3 Å². The van der Waals surface area contributed by atoms with E-state index >= 15 is 0 Å². The third-order valence-corrected chi connectivity index (χ3v) is 2.06. The van der Waals surface area contributed by atoms with Gasteiger partial charge in [-0.1, -0.05) is 24.3 Å². The molecule has 1 aromatic carbocycles. The fourth-order valence-electron chi connectivity index (χ4n) is 1.14. The third kappa shape index (κ3) is 3.46. The van der Waals surface area contributed by atoms with Gasteiger partial charge in [0, 0.05) is 5.02 Å². The van der Waals surface area contributed by atoms with Crippen molar-refractivity contribution in [3.8, 4) is 0 Å². The number of aromatic carboxylic acids is 1. The molecule has 0 aromatic heterocycles. The zero-order chi connectivity index (χ0) is 13.7. The highest BCUT2D eigenvalue weighted by Gasteiger charge is 2.18. The molecule has 0 unspecified atom stereocenters. The minimum Gasteiger partial charge on any atom is -0.478 e. The average Bonchev–Trinajstić information content (AvgIpc) is 2.29. The number of anilines is 1. The number of hydrogen-bond acceptors (Lipinski definition) is 3. The monoisotopic (exact) mass is 273 g/mol. The number of hydrogen-bond donors (Lipinski definition) is 2. The summed E-state index contributed by atoms with van der Waals surface area (Å²) in [6.07, 6.45) is 0.328. The first-order chi connectivity index (χ1) is 8.45. The van der Waals surface area contributed by atoms with Crippen LogP contribution in [0, 0.1) is 5.82 Å². The van der Waals surface area contributed by atoms with Crippen LogP contribution >= 0.6 is 11.6 Å². The van der Waals surface area contributed by atoms with Crippen LogP contribution in [0.5, 0.6) is 0 Å². The van der Waals surface area contributed by atoms with Crippen LogP contribution in [0.15, 0.2) is 24.8 Å². The van der Waals surface area contributed by atoms with Crippen LogP contribution in [0.4, 0.5) is 14.9 Å². The van der Waals surface area contributed by atoms with Crippen LogP contribution < -0.4 is 5.32 Å². The Labute approximate surface area is 107 Å². The van der Waals surface area contributed by atoms with Gasteiger partial charge in [-0.2, -0.15) is 0 Å². The Morgan fingerprint density at radius 1 is 1.56 bits per heavy atom. The van der Waals surface area contributed by atoms with Gasteiger partial charge in [0.1, 0.15) is 12.4 Å². The van der Waals surface area contributed by atoms with E-state index in [1.165, 1.54) is 6.08 Å². The van der Waals surface area contributed by atoms with Gasteiger partial charge in [-0.05, 0) is 12.1 Å². The summed E-state index contributed by atoms with van der Waals surface area (Å²) >= 11 is 5.53. The average molecular weight is 274 g/mol. The van der Waals surface area contributed by atoms with Crippen molar-refractivity contribution in [2.24, 2.45) is 0 Å². The second-order valence-electron chi connectivity index (χ2n) is 3.13. The van der Waals surface area contributed by atoms with Gasteiger partial charge in [-0.25, -0.2) is 14.0 Å². The molecule has 0 aliphatic rings. The highest BCUT2D eigenvalue weighted by Crippen LogP contribution is 2.25. The lowest BCUT2D eigenvalue weighted by atomic mass is 10.1. The smallest absolute Gasteiger partial charge is 0.412 e. The predicted octanol–water partition coefficient (Wildman–Crippen LogP) is 2.91. The fourth-order valence-corrected chi connectivity index (χ4v) is 1.35. The first-order valence-electron chi connectivity index (χ1n) is 4.72. The minimum atomic E-state index is -1.42. The number of carboxylic acid groups (broad SMARTS) is 1. The summed E-state index contributed by atoms with van der Waals surface area (Å²) in [6.45, 7) is 3.24. The van der Waals surface area contributed by atoms with Gasteiger partial charge >= 0.3 is 12.1 Å². The van der Waals surface area contributed by atoms with E-state index in [0.29, 0.717) is 0 Å². The standard InChI is InChI=1S/C11H9ClFNO4/c1-2-3-18-11(17)14-9-7(10(15)16)4-6(12)5-8(9)13/h2,4-5H,1,3H2,(H,14,17)(H,15,16). The third-order valence-electron chi connectivity index (χ3n) is 1.84. The molecule has 0 aliphatic heterocycles. The van der Waals surface area contributed by atoms with E-state index < -0.39 is 29.1 Å². The molecular formula is C11H9ClFNO4. The van der Waals surface area contributed by atoms with Crippen LogP contribution in [0.2, 0.25) is 5.02 Å². The van der Waals surface area contributed by atoms with Gasteiger partial charge in [0.15, 0.2) is 0 Å². The van der Waals surface area contributed by atoms with Crippen molar-refractivity contribution in [2.45, 2.75) is 0 Å². The van der Waals surface area contributed by atoms with E-state index in [-0.39, 0.29) is 11.6 Å². The van der Waals surface area contributed by atoms with Gasteiger partial charge in [0.05, 0.1) is 11.3 Å². The quantitative estimate of drug-likeness (QED) is 0.827. The molecule has 2 N–H and O–H groups in total. The van der Waals surface area contributed by atoms with Crippen LogP contribution in [-0.4, -0.2) is 23.8 Å². The lowest BCUT2D eigenvalue weighted by Crippen LogP contribution is -2.17. The molecule has 1 rings (SSSR count). The van der Waals surface area contributed by atoms with Crippen molar-refractivity contribution in [3.63, 3.8) is 0 Å². The summed E-state index contributed by atoms with van der Waals surface area (Å²) in [5.41, 5.74) is -0.962. The van der Waals surface area contributed by atoms with Crippen molar-refractivity contribution in [3.05, 3.63) is 41.2 Å². The number of nitrogens with one attached hydrogen (secondary N) is 1. The van der Waals surface area contributed by atoms with Crippen LogP contribution in [0.1, 0.15) is 10.4 Å². The van der Waals surface area contributed by atoms with E-state index in [1.54, 1.807) is 0 Å². The predicted molar refractivity (Wildman–Crippen MR) is 63.5 cm³/mol. The molecule has 0 atom stereocenters. The maximum absolute atomic E-state index is 13.5. The fraction of sp³-hybridized carbons (Fsp3) is 0.0909. The lowest BCUT2D eigenvalue weighted by Gasteiger charge is -2.09. The number of carbonyl (C=O) groups is 2. The van der Waals surface area contributed by atoms with Crippen molar-refractivity contribution >= 4 is 29.4 Å². The lowest BCUT2D eigenvalue weighted by molar-refractivity contribution is 0.0697. The molecule has 0 radical (unpaired) electrons. The molecule has 96 valence electrons. The highest BCUT2D eigenvalue weighted by molar-refractivity contribution is 6.31. The highest BCUT2D eigenvalue weighted by atomic mass is 35.5. The summed E-state index contributed by atoms with van der Waals surface area (Å²) in [5, 5.41) is 10.8. The molecule has 0 bridgehead atoms. The molecule has 0 saturated carbocycles. The molecular weight excluding hydrogens is 265 g/mol. The van der Waals surface area contributed by atoms with Gasteiger partial charge < -0.3 is 9.84 Å². The number of amides is 1. The first-order valence-corrected chi connectivity index (χ1v) is 5.10. The van der Waals surface area contributed by atoms with Gasteiger partial charge in [-0.3, -0.25) is 5.32 Å². The number of benzene rings is 1. The van der Waals surface area contributed by atoms with Crippen molar-refractivity contribution < 1.29 is 23.8 Å². The Morgan fingerprint density at radius 2 is 2.22 bits per heavy atom. The second kappa shape index (κ2) is 6.02. The number of carbonyl (C=O) groups excluding carboxylic acids is 1. The van der Waals surface area contributed by atoms with Gasteiger partial charge in [0.2, 0.25) is 0 Å². The first kappa shape index (κ1) is 14.0. The van der Waals surface area contributed by atoms with Gasteiger partial charge in [0.25, 0.3) is 0 Å². The summed E-state index contributed by atoms with van der Waals surface area (Å²) < 4.78 is 18.1. The van der Waals surface area contributed by atoms with Crippen LogP contribution in [0.3, 0.4) is 0 Å². The SMILES string of the molecule is C=CCOC(=O)Nc1c(F)cc(Cl)cc1C(=O)O. The van der Waals surface area contributed by atoms with Crippen molar-refractivity contribution in [2.75, 3.05) is 11.9 Å². The minimum absolute atomic E-state index is 0.0799. The van der Waals surface area contributed by atoms with Crippen LogP contribution in [-0.2, 0) is 4.74 Å². The van der Waals surface area contributed by atoms with Crippen molar-refractivity contribution in [1.29, 1.82) is 0 Å². The number of ether oxygens (including phenoxy) is 1. The molecule has 0 fully saturated rings. The normalized spacial score (nSPS) is 9.67. The molecule has 0 heterocycles. The Morgan fingerprint density at radius 3 is 2.78 bits per heavy atom. The van der Waals surface area contributed by atoms with E-state index in [0.717, 1.165) is 12.1 Å². The maximum atomic E-state index is 13.5. The second-order valence-corrected chi connectivity index (χ2v) is 3.56. The molecule has 7 heteroatoms. The molecule has 1 amide bonds. The van der Waals surface area contributed by atoms with E-state index in [4.69, 9.17) is 16.7 Å². The summed E-state index contributed by atoms with van der Waals surface area (Å²) in [4.78, 5) is 22.1. The Kier molecular flexibility index (Phi) is 4.67. The summed E-state index contributed by atoms with van der Waals surface area (Å²) in [5.74, 6) is -2.38. The van der Waals surface area contributed by atoms with E-state index in [9.17, 15) is 14.0 Å². The largest absolute Gasteiger partial charge is 0.478 e. The Bertz CT molecular complexity index is 504. The van der Waals surface area contributed by atoms with Crippen LogP contribution in [0.25, 0.3) is 0 Å². The number of rotatable bonds is 4. The molecule has 18 heavy (non-hydrogen) atoms. The number of halogens is 2. The molecule has 1 aromatic rings. The van der Waals surface area contributed by atoms with E-state index in [1.807, 2.05) is 5.32 Å². The molecule has 0 spiro atoms. The Hall–Kier alpha value is -2.08. The zero-order valence-electron chi connectivity index (χ0n) is 9.07. The number of carboxylic acids is 1. The maximum Gasteiger partial charge on any atom is 0.412 e. The molecule has 0 aliphatic carbocycles. The molecule has 5 nitrogen and oxygen atoms in total. The van der Waals surface area contributed by atoms with Gasteiger partial charge in [-0.15, -0.1) is 0 Å². The zero-order valence-corrected chi connectivity index (χ0v) is 9.83. The summed E-state index contributed by atoms with van der Waals surface area (Å²) in [6, 6.07) is 1.91. The molecule has 0 saturated heterocycles. The topological polar surface area (TPSA) is 75.6 Å².